The topological polar surface area (TPSA) is 35.2 Å². The molecule has 2 heterocycles. The van der Waals surface area contributed by atoms with Crippen molar-refractivity contribution in [2.45, 2.75) is 38.3 Å². The van der Waals surface area contributed by atoms with Gasteiger partial charge >= 0.3 is 0 Å². The lowest BCUT2D eigenvalue weighted by Gasteiger charge is -2.28. The van der Waals surface area contributed by atoms with Crippen molar-refractivity contribution >= 4 is 27.3 Å². The molecule has 0 saturated carbocycles. The second kappa shape index (κ2) is 4.95. The van der Waals surface area contributed by atoms with Gasteiger partial charge < -0.3 is 10.5 Å². The number of aryl methyl sites for hydroxylation is 1. The minimum atomic E-state index is 0.0350. The van der Waals surface area contributed by atoms with Gasteiger partial charge in [0.25, 0.3) is 0 Å². The first kappa shape index (κ1) is 11.6. The predicted octanol–water partition coefficient (Wildman–Crippen LogP) is 3.39. The molecule has 0 aliphatic carbocycles. The molecule has 0 aromatic carbocycles. The molecule has 0 amide bonds. The molecule has 0 radical (unpaired) electrons. The minimum Gasteiger partial charge on any atom is -0.376 e. The van der Waals surface area contributed by atoms with Crippen LogP contribution in [0, 0.1) is 6.92 Å². The zero-order chi connectivity index (χ0) is 10.8. The van der Waals surface area contributed by atoms with E-state index in [1.54, 1.807) is 11.3 Å². The number of ether oxygens (including phenoxy) is 1. The van der Waals surface area contributed by atoms with E-state index in [0.29, 0.717) is 0 Å². The van der Waals surface area contributed by atoms with E-state index in [2.05, 4.69) is 28.9 Å². The van der Waals surface area contributed by atoms with Gasteiger partial charge in [-0.2, -0.15) is 0 Å². The summed E-state index contributed by atoms with van der Waals surface area (Å²) in [7, 11) is 0. The molecule has 2 unspecified atom stereocenters. The van der Waals surface area contributed by atoms with Gasteiger partial charge in [-0.1, -0.05) is 0 Å². The van der Waals surface area contributed by atoms with E-state index in [-0.39, 0.29) is 12.1 Å². The summed E-state index contributed by atoms with van der Waals surface area (Å²) >= 11 is 5.24. The molecule has 0 bridgehead atoms. The molecular formula is C11H16BrNOS. The van der Waals surface area contributed by atoms with Crippen LogP contribution >= 0.6 is 27.3 Å². The van der Waals surface area contributed by atoms with Gasteiger partial charge in [-0.05, 0) is 53.7 Å². The lowest BCUT2D eigenvalue weighted by atomic mass is 9.97. The van der Waals surface area contributed by atoms with Gasteiger partial charge in [0.2, 0.25) is 0 Å². The maximum Gasteiger partial charge on any atom is 0.0768 e. The summed E-state index contributed by atoms with van der Waals surface area (Å²) in [6.07, 6.45) is 3.71. The van der Waals surface area contributed by atoms with Crippen molar-refractivity contribution in [1.82, 2.24) is 0 Å². The Kier molecular flexibility index (Phi) is 3.83. The van der Waals surface area contributed by atoms with Crippen LogP contribution in [0.1, 0.15) is 35.7 Å². The van der Waals surface area contributed by atoms with Crippen molar-refractivity contribution < 1.29 is 4.74 Å². The monoisotopic (exact) mass is 289 g/mol. The molecule has 2 rings (SSSR count). The van der Waals surface area contributed by atoms with E-state index >= 15 is 0 Å². The third kappa shape index (κ3) is 2.61. The molecule has 1 aromatic heterocycles. The fourth-order valence-electron chi connectivity index (χ4n) is 2.04. The lowest BCUT2D eigenvalue weighted by Crippen LogP contribution is -2.31. The van der Waals surface area contributed by atoms with Crippen LogP contribution in [0.25, 0.3) is 0 Å². The molecule has 2 nitrogen and oxygen atoms in total. The molecule has 1 saturated heterocycles. The minimum absolute atomic E-state index is 0.0350. The highest BCUT2D eigenvalue weighted by atomic mass is 79.9. The summed E-state index contributed by atoms with van der Waals surface area (Å²) in [5, 5.41) is 0. The lowest BCUT2D eigenvalue weighted by molar-refractivity contribution is -0.0000184. The Bertz CT molecular complexity index is 333. The highest BCUT2D eigenvalue weighted by Crippen LogP contribution is 2.33. The van der Waals surface area contributed by atoms with Crippen molar-refractivity contribution in [3.63, 3.8) is 0 Å². The summed E-state index contributed by atoms with van der Waals surface area (Å²) in [6.45, 7) is 2.98. The Hall–Kier alpha value is 0.1000. The summed E-state index contributed by atoms with van der Waals surface area (Å²) in [5.74, 6) is 0. The molecule has 2 atom stereocenters. The SMILES string of the molecule is Cc1sc(Br)cc1C(N)C1CCCCO1. The quantitative estimate of drug-likeness (QED) is 0.906. The third-order valence-electron chi connectivity index (χ3n) is 2.90. The maximum absolute atomic E-state index is 6.24. The number of nitrogens with two attached hydrogens (primary N) is 1. The fourth-order valence-corrected chi connectivity index (χ4v) is 3.80. The predicted molar refractivity (Wildman–Crippen MR) is 67.3 cm³/mol. The Morgan fingerprint density at radius 3 is 2.93 bits per heavy atom. The molecule has 1 aliphatic rings. The largest absolute Gasteiger partial charge is 0.376 e. The molecule has 1 aromatic rings. The second-order valence-electron chi connectivity index (χ2n) is 3.99. The van der Waals surface area contributed by atoms with E-state index in [9.17, 15) is 0 Å². The Labute approximate surface area is 103 Å². The van der Waals surface area contributed by atoms with Crippen molar-refractivity contribution in [2.24, 2.45) is 5.73 Å². The molecule has 2 N–H and O–H groups in total. The molecule has 1 aliphatic heterocycles. The number of thiophene rings is 1. The molecule has 1 fully saturated rings. The summed E-state index contributed by atoms with van der Waals surface area (Å²) in [6, 6.07) is 2.16. The Morgan fingerprint density at radius 1 is 1.60 bits per heavy atom. The van der Waals surface area contributed by atoms with Crippen molar-refractivity contribution in [3.05, 3.63) is 20.3 Å². The van der Waals surface area contributed by atoms with Crippen LogP contribution in [0.5, 0.6) is 0 Å². The number of hydrogen-bond acceptors (Lipinski definition) is 3. The van der Waals surface area contributed by atoms with Crippen LogP contribution in [0.2, 0.25) is 0 Å². The van der Waals surface area contributed by atoms with Gasteiger partial charge in [0.1, 0.15) is 0 Å². The van der Waals surface area contributed by atoms with Crippen LogP contribution in [0.3, 0.4) is 0 Å². The molecule has 0 spiro atoms. The van der Waals surface area contributed by atoms with Gasteiger partial charge in [0, 0.05) is 11.5 Å². The third-order valence-corrected chi connectivity index (χ3v) is 4.47. The van der Waals surface area contributed by atoms with Crippen LogP contribution in [0.4, 0.5) is 0 Å². The summed E-state index contributed by atoms with van der Waals surface area (Å²) in [5.41, 5.74) is 7.48. The number of hydrogen-bond donors (Lipinski definition) is 1. The Balaban J connectivity index is 2.12. The van der Waals surface area contributed by atoms with E-state index in [0.717, 1.165) is 16.8 Å². The van der Waals surface area contributed by atoms with Crippen LogP contribution in [0.15, 0.2) is 9.85 Å². The van der Waals surface area contributed by atoms with E-state index in [1.165, 1.54) is 23.3 Å². The fraction of sp³-hybridized carbons (Fsp3) is 0.636. The van der Waals surface area contributed by atoms with E-state index in [4.69, 9.17) is 10.5 Å². The average molecular weight is 290 g/mol. The summed E-state index contributed by atoms with van der Waals surface area (Å²) in [4.78, 5) is 1.29. The maximum atomic E-state index is 6.24. The first-order valence-electron chi connectivity index (χ1n) is 5.31. The van der Waals surface area contributed by atoms with Gasteiger partial charge in [-0.15, -0.1) is 11.3 Å². The van der Waals surface area contributed by atoms with Crippen LogP contribution < -0.4 is 5.73 Å². The Morgan fingerprint density at radius 2 is 2.40 bits per heavy atom. The molecule has 84 valence electrons. The van der Waals surface area contributed by atoms with Crippen molar-refractivity contribution in [3.8, 4) is 0 Å². The van der Waals surface area contributed by atoms with Crippen molar-refractivity contribution in [2.75, 3.05) is 6.61 Å². The first-order valence-corrected chi connectivity index (χ1v) is 6.92. The number of rotatable bonds is 2. The highest BCUT2D eigenvalue weighted by Gasteiger charge is 2.24. The summed E-state index contributed by atoms with van der Waals surface area (Å²) < 4.78 is 6.88. The van der Waals surface area contributed by atoms with Crippen LogP contribution in [-0.2, 0) is 4.74 Å². The molecular weight excluding hydrogens is 274 g/mol. The highest BCUT2D eigenvalue weighted by molar-refractivity contribution is 9.11. The van der Waals surface area contributed by atoms with Gasteiger partial charge in [-0.25, -0.2) is 0 Å². The standard InChI is InChI=1S/C11H16BrNOS/c1-7-8(6-10(12)15-7)11(13)9-4-2-3-5-14-9/h6,9,11H,2-5,13H2,1H3. The van der Waals surface area contributed by atoms with Gasteiger partial charge in [0.15, 0.2) is 0 Å². The van der Waals surface area contributed by atoms with E-state index < -0.39 is 0 Å². The van der Waals surface area contributed by atoms with Crippen LogP contribution in [-0.4, -0.2) is 12.7 Å². The van der Waals surface area contributed by atoms with Crippen molar-refractivity contribution in [1.29, 1.82) is 0 Å². The van der Waals surface area contributed by atoms with Gasteiger partial charge in [0.05, 0.1) is 15.9 Å². The van der Waals surface area contributed by atoms with E-state index in [1.807, 2.05) is 0 Å². The zero-order valence-electron chi connectivity index (χ0n) is 8.83. The molecule has 4 heteroatoms. The first-order chi connectivity index (χ1) is 7.18. The average Bonchev–Trinajstić information content (AvgIpc) is 2.58. The zero-order valence-corrected chi connectivity index (χ0v) is 11.2. The van der Waals surface area contributed by atoms with Gasteiger partial charge in [-0.3, -0.25) is 0 Å². The smallest absolute Gasteiger partial charge is 0.0768 e. The normalized spacial score (nSPS) is 24.1. The molecule has 15 heavy (non-hydrogen) atoms. The second-order valence-corrected chi connectivity index (χ2v) is 6.63. The number of halogens is 1.